The van der Waals surface area contributed by atoms with Crippen molar-refractivity contribution in [3.63, 3.8) is 0 Å². The largest absolute Gasteiger partial charge is 0.372 e. The second-order valence-electron chi connectivity index (χ2n) is 6.25. The lowest BCUT2D eigenvalue weighted by Gasteiger charge is -2.34. The van der Waals surface area contributed by atoms with Gasteiger partial charge in [-0.05, 0) is 64.2 Å². The summed E-state index contributed by atoms with van der Waals surface area (Å²) in [4.78, 5) is 4.10. The van der Waals surface area contributed by atoms with Gasteiger partial charge in [0.05, 0.1) is 6.10 Å². The summed E-state index contributed by atoms with van der Waals surface area (Å²) in [7, 11) is 0. The van der Waals surface area contributed by atoms with Gasteiger partial charge in [0.1, 0.15) is 0 Å². The quantitative estimate of drug-likeness (QED) is 0.803. The van der Waals surface area contributed by atoms with Crippen molar-refractivity contribution < 1.29 is 4.74 Å². The van der Waals surface area contributed by atoms with E-state index in [1.54, 1.807) is 0 Å². The first kappa shape index (κ1) is 16.2. The van der Waals surface area contributed by atoms with Gasteiger partial charge in [0.2, 0.25) is 0 Å². The second-order valence-corrected chi connectivity index (χ2v) is 6.25. The minimum Gasteiger partial charge on any atom is -0.372 e. The predicted molar refractivity (Wildman–Crippen MR) is 87.2 cm³/mol. The van der Waals surface area contributed by atoms with Gasteiger partial charge in [0, 0.05) is 31.1 Å². The molecule has 1 aromatic heterocycles. The Bertz CT molecular complexity index is 440. The van der Waals surface area contributed by atoms with E-state index < -0.39 is 0 Å². The summed E-state index contributed by atoms with van der Waals surface area (Å²) < 4.78 is 6.02. The topological polar surface area (TPSA) is 34.1 Å². The summed E-state index contributed by atoms with van der Waals surface area (Å²) in [5.74, 6) is 0. The molecule has 2 rings (SSSR count). The molecule has 116 valence electrons. The number of hydrogen-bond donors (Lipinski definition) is 1. The first-order valence-corrected chi connectivity index (χ1v) is 8.07. The molecular formula is C18H28N2O. The van der Waals surface area contributed by atoms with E-state index >= 15 is 0 Å². The molecule has 0 radical (unpaired) electrons. The molecule has 2 heterocycles. The highest BCUT2D eigenvalue weighted by Gasteiger charge is 2.28. The molecular weight excluding hydrogens is 260 g/mol. The van der Waals surface area contributed by atoms with Crippen LogP contribution in [0.3, 0.4) is 0 Å². The van der Waals surface area contributed by atoms with Gasteiger partial charge in [-0.3, -0.25) is 4.98 Å². The smallest absolute Gasteiger partial charge is 0.0978 e. The third-order valence-corrected chi connectivity index (χ3v) is 4.01. The van der Waals surface area contributed by atoms with E-state index in [-0.39, 0.29) is 6.10 Å². The highest BCUT2D eigenvalue weighted by atomic mass is 16.5. The molecule has 1 saturated heterocycles. The molecule has 21 heavy (non-hydrogen) atoms. The van der Waals surface area contributed by atoms with Gasteiger partial charge < -0.3 is 10.1 Å². The van der Waals surface area contributed by atoms with Crippen LogP contribution in [0.4, 0.5) is 0 Å². The van der Waals surface area contributed by atoms with Crippen molar-refractivity contribution in [2.75, 3.05) is 6.61 Å². The molecule has 1 aliphatic heterocycles. The van der Waals surface area contributed by atoms with Crippen LogP contribution in [0.15, 0.2) is 36.2 Å². The number of nitrogens with one attached hydrogen (secondary N) is 1. The molecule has 0 aliphatic carbocycles. The Labute approximate surface area is 128 Å². The van der Waals surface area contributed by atoms with Gasteiger partial charge >= 0.3 is 0 Å². The standard InChI is InChI=1S/C18H28N2O/c1-14(2)6-4-7-15(3)20-17-8-5-13-21-18(17)16-9-11-19-12-10-16/h6,9-12,15,17-18,20H,4-5,7-8,13H2,1-3H3/t15-,17+,18-/m1/s1. The van der Waals surface area contributed by atoms with Crippen molar-refractivity contribution in [3.05, 3.63) is 41.7 Å². The molecule has 1 fully saturated rings. The third-order valence-electron chi connectivity index (χ3n) is 4.01. The summed E-state index contributed by atoms with van der Waals surface area (Å²) in [6, 6.07) is 5.05. The van der Waals surface area contributed by atoms with Crippen LogP contribution >= 0.6 is 0 Å². The van der Waals surface area contributed by atoms with E-state index in [1.807, 2.05) is 12.4 Å². The summed E-state index contributed by atoms with van der Waals surface area (Å²) >= 11 is 0. The van der Waals surface area contributed by atoms with Gasteiger partial charge in [-0.1, -0.05) is 11.6 Å². The maximum absolute atomic E-state index is 6.02. The number of ether oxygens (including phenoxy) is 1. The van der Waals surface area contributed by atoms with Crippen molar-refractivity contribution in [1.29, 1.82) is 0 Å². The molecule has 0 saturated carbocycles. The monoisotopic (exact) mass is 288 g/mol. The van der Waals surface area contributed by atoms with E-state index in [2.05, 4.69) is 49.3 Å². The highest BCUT2D eigenvalue weighted by Crippen LogP contribution is 2.28. The fraction of sp³-hybridized carbons (Fsp3) is 0.611. The number of nitrogens with zero attached hydrogens (tertiary/aromatic N) is 1. The summed E-state index contributed by atoms with van der Waals surface area (Å²) in [6.07, 6.45) is 10.8. The lowest BCUT2D eigenvalue weighted by Crippen LogP contribution is -2.43. The summed E-state index contributed by atoms with van der Waals surface area (Å²) in [5.41, 5.74) is 2.64. The van der Waals surface area contributed by atoms with E-state index in [4.69, 9.17) is 4.74 Å². The van der Waals surface area contributed by atoms with Crippen molar-refractivity contribution in [2.45, 2.75) is 64.6 Å². The summed E-state index contributed by atoms with van der Waals surface area (Å²) in [5, 5.41) is 3.77. The Morgan fingerprint density at radius 2 is 2.19 bits per heavy atom. The Kier molecular flexibility index (Phi) is 6.40. The zero-order chi connectivity index (χ0) is 15.1. The van der Waals surface area contributed by atoms with E-state index in [9.17, 15) is 0 Å². The van der Waals surface area contributed by atoms with Gasteiger partial charge in [-0.2, -0.15) is 0 Å². The molecule has 3 atom stereocenters. The summed E-state index contributed by atoms with van der Waals surface area (Å²) in [6.45, 7) is 7.45. The molecule has 1 N–H and O–H groups in total. The van der Waals surface area contributed by atoms with Crippen LogP contribution in [-0.4, -0.2) is 23.7 Å². The maximum atomic E-state index is 6.02. The van der Waals surface area contributed by atoms with Crippen molar-refractivity contribution in [2.24, 2.45) is 0 Å². The van der Waals surface area contributed by atoms with Crippen LogP contribution in [0.1, 0.15) is 58.1 Å². The lowest BCUT2D eigenvalue weighted by molar-refractivity contribution is -0.0136. The molecule has 0 spiro atoms. The van der Waals surface area contributed by atoms with Crippen LogP contribution in [0.25, 0.3) is 0 Å². The van der Waals surface area contributed by atoms with Crippen LogP contribution in [-0.2, 0) is 4.74 Å². The molecule has 0 amide bonds. The molecule has 0 unspecified atom stereocenters. The van der Waals surface area contributed by atoms with Crippen LogP contribution in [0.5, 0.6) is 0 Å². The van der Waals surface area contributed by atoms with Crippen molar-refractivity contribution in [1.82, 2.24) is 10.3 Å². The van der Waals surface area contributed by atoms with Crippen LogP contribution in [0, 0.1) is 0 Å². The Morgan fingerprint density at radius 1 is 1.43 bits per heavy atom. The molecule has 3 heteroatoms. The minimum atomic E-state index is 0.160. The number of pyridine rings is 1. The number of rotatable bonds is 6. The Hall–Kier alpha value is -1.19. The van der Waals surface area contributed by atoms with Gasteiger partial charge in [-0.15, -0.1) is 0 Å². The normalized spacial score (nSPS) is 23.6. The first-order valence-electron chi connectivity index (χ1n) is 8.07. The first-order chi connectivity index (χ1) is 10.2. The SMILES string of the molecule is CC(C)=CCC[C@@H](C)N[C@H]1CCCO[C@@H]1c1ccncc1. The highest BCUT2D eigenvalue weighted by molar-refractivity contribution is 5.16. The van der Waals surface area contributed by atoms with Gasteiger partial charge in [0.25, 0.3) is 0 Å². The Balaban J connectivity index is 1.91. The van der Waals surface area contributed by atoms with E-state index in [0.29, 0.717) is 12.1 Å². The molecule has 1 aromatic rings. The fourth-order valence-corrected chi connectivity index (χ4v) is 2.90. The maximum Gasteiger partial charge on any atom is 0.0978 e. The van der Waals surface area contributed by atoms with Crippen LogP contribution in [0.2, 0.25) is 0 Å². The lowest BCUT2D eigenvalue weighted by atomic mass is 9.95. The zero-order valence-corrected chi connectivity index (χ0v) is 13.5. The minimum absolute atomic E-state index is 0.160. The molecule has 0 bridgehead atoms. The third kappa shape index (κ3) is 5.25. The molecule has 0 aromatic carbocycles. The second kappa shape index (κ2) is 8.30. The van der Waals surface area contributed by atoms with Gasteiger partial charge in [-0.25, -0.2) is 0 Å². The molecule has 1 aliphatic rings. The molecule has 3 nitrogen and oxygen atoms in total. The van der Waals surface area contributed by atoms with Crippen molar-refractivity contribution >= 4 is 0 Å². The van der Waals surface area contributed by atoms with E-state index in [1.165, 1.54) is 24.0 Å². The number of aromatic nitrogens is 1. The van der Waals surface area contributed by atoms with Crippen molar-refractivity contribution in [3.8, 4) is 0 Å². The average molecular weight is 288 g/mol. The van der Waals surface area contributed by atoms with E-state index in [0.717, 1.165) is 19.4 Å². The number of allylic oxidation sites excluding steroid dienone is 2. The van der Waals surface area contributed by atoms with Crippen LogP contribution < -0.4 is 5.32 Å². The average Bonchev–Trinajstić information content (AvgIpc) is 2.48. The van der Waals surface area contributed by atoms with Gasteiger partial charge in [0.15, 0.2) is 0 Å². The number of hydrogen-bond acceptors (Lipinski definition) is 3. The Morgan fingerprint density at radius 3 is 2.90 bits per heavy atom. The zero-order valence-electron chi connectivity index (χ0n) is 13.5. The fourth-order valence-electron chi connectivity index (χ4n) is 2.90. The predicted octanol–water partition coefficient (Wildman–Crippen LogP) is 4.03.